The fraction of sp³-hybridized carbons (Fsp3) is 0.618. The minimum Gasteiger partial charge on any atom is -0.434 e. The molecule has 0 aromatic heterocycles. The summed E-state index contributed by atoms with van der Waals surface area (Å²) in [5.74, 6) is 0.172. The van der Waals surface area contributed by atoms with Crippen molar-refractivity contribution in [3.05, 3.63) is 70.8 Å². The van der Waals surface area contributed by atoms with Crippen molar-refractivity contribution in [1.82, 2.24) is 5.32 Å². The van der Waals surface area contributed by atoms with Gasteiger partial charge in [-0.25, -0.2) is 4.79 Å². The highest BCUT2D eigenvalue weighted by molar-refractivity contribution is 5.60. The fourth-order valence-electron chi connectivity index (χ4n) is 5.32. The van der Waals surface area contributed by atoms with Crippen LogP contribution in [-0.2, 0) is 20.3 Å². The SMILES string of the molecule is CCCCCCCCOC(=O)O[C@H]1CN[C@@H](C(c2ccc(C(C)(C)C)cc2)c2ccc(C(C)(C)C)cc2)C1. The molecule has 0 saturated carbocycles. The molecule has 3 rings (SSSR count). The molecule has 1 fully saturated rings. The van der Waals surface area contributed by atoms with Crippen molar-refractivity contribution in [2.24, 2.45) is 0 Å². The summed E-state index contributed by atoms with van der Waals surface area (Å²) in [7, 11) is 0. The maximum absolute atomic E-state index is 12.3. The molecule has 210 valence electrons. The van der Waals surface area contributed by atoms with Crippen molar-refractivity contribution in [1.29, 1.82) is 0 Å². The van der Waals surface area contributed by atoms with Gasteiger partial charge in [-0.1, -0.05) is 129 Å². The number of unbranched alkanes of at least 4 members (excludes halogenated alkanes) is 5. The van der Waals surface area contributed by atoms with Crippen LogP contribution in [0.4, 0.5) is 4.79 Å². The average Bonchev–Trinajstić information content (AvgIpc) is 3.31. The Morgan fingerprint density at radius 3 is 1.82 bits per heavy atom. The molecule has 2 atom stereocenters. The normalized spacial score (nSPS) is 18.1. The van der Waals surface area contributed by atoms with E-state index in [0.29, 0.717) is 13.2 Å². The summed E-state index contributed by atoms with van der Waals surface area (Å²) in [6.07, 6.45) is 7.04. The summed E-state index contributed by atoms with van der Waals surface area (Å²) < 4.78 is 11.1. The lowest BCUT2D eigenvalue weighted by atomic mass is 9.80. The molecule has 1 aliphatic heterocycles. The number of benzene rings is 2. The molecule has 1 heterocycles. The Balaban J connectivity index is 1.66. The Bertz CT molecular complexity index is 925. The zero-order valence-electron chi connectivity index (χ0n) is 24.9. The Kier molecular flexibility index (Phi) is 10.8. The summed E-state index contributed by atoms with van der Waals surface area (Å²) in [5, 5.41) is 3.66. The first-order valence-corrected chi connectivity index (χ1v) is 14.8. The molecule has 4 heteroatoms. The van der Waals surface area contributed by atoms with Crippen LogP contribution in [0.2, 0.25) is 0 Å². The lowest BCUT2D eigenvalue weighted by Gasteiger charge is -2.27. The van der Waals surface area contributed by atoms with Crippen LogP contribution in [-0.4, -0.2) is 31.5 Å². The van der Waals surface area contributed by atoms with Crippen molar-refractivity contribution < 1.29 is 14.3 Å². The average molecular weight is 522 g/mol. The van der Waals surface area contributed by atoms with Gasteiger partial charge >= 0.3 is 6.16 Å². The summed E-state index contributed by atoms with van der Waals surface area (Å²) in [6, 6.07) is 18.3. The van der Waals surface area contributed by atoms with Crippen LogP contribution in [0.1, 0.15) is 122 Å². The number of rotatable bonds is 11. The number of hydrogen-bond acceptors (Lipinski definition) is 4. The van der Waals surface area contributed by atoms with Gasteiger partial charge in [-0.2, -0.15) is 0 Å². The van der Waals surface area contributed by atoms with Crippen molar-refractivity contribution in [2.45, 2.75) is 122 Å². The van der Waals surface area contributed by atoms with Crippen LogP contribution in [0.25, 0.3) is 0 Å². The second-order valence-corrected chi connectivity index (χ2v) is 13.1. The van der Waals surface area contributed by atoms with Gasteiger partial charge < -0.3 is 14.8 Å². The molecule has 2 aromatic carbocycles. The maximum atomic E-state index is 12.3. The monoisotopic (exact) mass is 521 g/mol. The third-order valence-corrected chi connectivity index (χ3v) is 7.78. The highest BCUT2D eigenvalue weighted by Crippen LogP contribution is 2.35. The lowest BCUT2D eigenvalue weighted by Crippen LogP contribution is -2.30. The van der Waals surface area contributed by atoms with Gasteiger partial charge in [0.2, 0.25) is 0 Å². The molecule has 2 aromatic rings. The van der Waals surface area contributed by atoms with Gasteiger partial charge in [0.15, 0.2) is 0 Å². The zero-order chi connectivity index (χ0) is 27.8. The van der Waals surface area contributed by atoms with E-state index >= 15 is 0 Å². The number of ether oxygens (including phenoxy) is 2. The van der Waals surface area contributed by atoms with Crippen LogP contribution in [0.3, 0.4) is 0 Å². The molecular weight excluding hydrogens is 470 g/mol. The van der Waals surface area contributed by atoms with E-state index in [4.69, 9.17) is 9.47 Å². The van der Waals surface area contributed by atoms with Gasteiger partial charge in [0.05, 0.1) is 6.61 Å². The summed E-state index contributed by atoms with van der Waals surface area (Å²) in [5.41, 5.74) is 5.45. The first kappa shape index (κ1) is 30.2. The predicted molar refractivity (Wildman–Crippen MR) is 158 cm³/mol. The standard InChI is InChI=1S/C34H51NO3/c1-8-9-10-11-12-13-22-37-32(36)38-29-23-30(35-24-29)31(25-14-18-27(19-15-25)33(2,3)4)26-16-20-28(21-17-26)34(5,6)7/h14-21,29-31,35H,8-13,22-24H2,1-7H3/t29-,30-/m1/s1. The third kappa shape index (κ3) is 8.86. The second kappa shape index (κ2) is 13.6. The van der Waals surface area contributed by atoms with E-state index in [-0.39, 0.29) is 28.9 Å². The molecule has 4 nitrogen and oxygen atoms in total. The molecule has 0 bridgehead atoms. The van der Waals surface area contributed by atoms with E-state index in [9.17, 15) is 4.79 Å². The molecule has 0 amide bonds. The molecule has 0 spiro atoms. The Hall–Kier alpha value is -2.33. The third-order valence-electron chi connectivity index (χ3n) is 7.78. The van der Waals surface area contributed by atoms with Gasteiger partial charge in [0, 0.05) is 24.9 Å². The van der Waals surface area contributed by atoms with Gasteiger partial charge in [-0.05, 0) is 39.5 Å². The number of nitrogens with one attached hydrogen (secondary N) is 1. The van der Waals surface area contributed by atoms with Crippen LogP contribution in [0.5, 0.6) is 0 Å². The number of carbonyl (C=O) groups is 1. The summed E-state index contributed by atoms with van der Waals surface area (Å²) >= 11 is 0. The van der Waals surface area contributed by atoms with Gasteiger partial charge in [-0.15, -0.1) is 0 Å². The lowest BCUT2D eigenvalue weighted by molar-refractivity contribution is 0.0279. The van der Waals surface area contributed by atoms with Crippen LogP contribution in [0, 0.1) is 0 Å². The zero-order valence-corrected chi connectivity index (χ0v) is 24.9. The van der Waals surface area contributed by atoms with Gasteiger partial charge in [0.25, 0.3) is 0 Å². The van der Waals surface area contributed by atoms with E-state index in [1.165, 1.54) is 47.9 Å². The molecule has 0 radical (unpaired) electrons. The molecule has 1 aliphatic rings. The van der Waals surface area contributed by atoms with Crippen molar-refractivity contribution in [2.75, 3.05) is 13.2 Å². The number of hydrogen-bond donors (Lipinski definition) is 1. The van der Waals surface area contributed by atoms with Crippen molar-refractivity contribution in [3.8, 4) is 0 Å². The van der Waals surface area contributed by atoms with E-state index in [1.807, 2.05) is 0 Å². The van der Waals surface area contributed by atoms with E-state index in [2.05, 4.69) is 102 Å². The number of carbonyl (C=O) groups excluding carboxylic acids is 1. The fourth-order valence-corrected chi connectivity index (χ4v) is 5.32. The summed E-state index contributed by atoms with van der Waals surface area (Å²) in [4.78, 5) is 12.3. The highest BCUT2D eigenvalue weighted by atomic mass is 16.7. The quantitative estimate of drug-likeness (QED) is 0.237. The first-order chi connectivity index (χ1) is 18.0. The van der Waals surface area contributed by atoms with Gasteiger partial charge in [0.1, 0.15) is 6.10 Å². The molecule has 0 unspecified atom stereocenters. The second-order valence-electron chi connectivity index (χ2n) is 13.1. The van der Waals surface area contributed by atoms with E-state index in [1.54, 1.807) is 0 Å². The van der Waals surface area contributed by atoms with Crippen molar-refractivity contribution in [3.63, 3.8) is 0 Å². The Morgan fingerprint density at radius 1 is 0.816 bits per heavy atom. The Morgan fingerprint density at radius 2 is 1.32 bits per heavy atom. The van der Waals surface area contributed by atoms with E-state index in [0.717, 1.165) is 19.3 Å². The smallest absolute Gasteiger partial charge is 0.434 e. The highest BCUT2D eigenvalue weighted by Gasteiger charge is 2.35. The molecule has 0 aliphatic carbocycles. The minimum atomic E-state index is -0.536. The van der Waals surface area contributed by atoms with Crippen LogP contribution < -0.4 is 5.32 Å². The van der Waals surface area contributed by atoms with Crippen molar-refractivity contribution >= 4 is 6.16 Å². The minimum absolute atomic E-state index is 0.114. The largest absolute Gasteiger partial charge is 0.508 e. The maximum Gasteiger partial charge on any atom is 0.508 e. The van der Waals surface area contributed by atoms with Crippen LogP contribution in [0.15, 0.2) is 48.5 Å². The first-order valence-electron chi connectivity index (χ1n) is 14.8. The molecule has 1 saturated heterocycles. The molecular formula is C34H51NO3. The van der Waals surface area contributed by atoms with Crippen LogP contribution >= 0.6 is 0 Å². The topological polar surface area (TPSA) is 47.6 Å². The molecule has 38 heavy (non-hydrogen) atoms. The summed E-state index contributed by atoms with van der Waals surface area (Å²) in [6.45, 7) is 16.8. The Labute approximate surface area is 231 Å². The molecule has 1 N–H and O–H groups in total. The van der Waals surface area contributed by atoms with Gasteiger partial charge in [-0.3, -0.25) is 0 Å². The predicted octanol–water partition coefficient (Wildman–Crippen LogP) is 8.66. The van der Waals surface area contributed by atoms with E-state index < -0.39 is 6.16 Å².